The Morgan fingerprint density at radius 1 is 1.80 bits per heavy atom. The molecule has 0 aromatic heterocycles. The van der Waals surface area contributed by atoms with E-state index in [2.05, 4.69) is 4.99 Å². The summed E-state index contributed by atoms with van der Waals surface area (Å²) in [5, 5.41) is 8.47. The van der Waals surface area contributed by atoms with Crippen LogP contribution in [0.25, 0.3) is 0 Å². The number of nitrogens with zero attached hydrogens (tertiary/aromatic N) is 2. The summed E-state index contributed by atoms with van der Waals surface area (Å²) in [4.78, 5) is 14.2. The maximum atomic E-state index is 10.6. The zero-order valence-corrected chi connectivity index (χ0v) is 5.11. The van der Waals surface area contributed by atoms with Crippen molar-refractivity contribution in [1.82, 2.24) is 0 Å². The van der Waals surface area contributed by atoms with Gasteiger partial charge in [0.25, 0.3) is 5.91 Å². The highest BCUT2D eigenvalue weighted by Gasteiger charge is 2.34. The van der Waals surface area contributed by atoms with Crippen LogP contribution in [-0.4, -0.2) is 17.7 Å². The van der Waals surface area contributed by atoms with Crippen molar-refractivity contribution in [2.75, 3.05) is 0 Å². The number of nitrogens with two attached hydrogens (primary N) is 1. The molecule has 0 aromatic rings. The van der Waals surface area contributed by atoms with Crippen LogP contribution in [0.4, 0.5) is 0 Å². The first-order valence-electron chi connectivity index (χ1n) is 2.65. The van der Waals surface area contributed by atoms with Crippen LogP contribution in [0.1, 0.15) is 0 Å². The van der Waals surface area contributed by atoms with E-state index >= 15 is 0 Å². The molecule has 1 aliphatic heterocycles. The van der Waals surface area contributed by atoms with Crippen LogP contribution in [-0.2, 0) is 4.79 Å². The van der Waals surface area contributed by atoms with Gasteiger partial charge < -0.3 is 5.73 Å². The number of nitriles is 1. The molecule has 1 rings (SSSR count). The van der Waals surface area contributed by atoms with Gasteiger partial charge in [-0.25, -0.2) is 0 Å². The Morgan fingerprint density at radius 2 is 2.50 bits per heavy atom. The lowest BCUT2D eigenvalue weighted by Gasteiger charge is -2.07. The monoisotopic (exact) mass is 135 g/mol. The average Bonchev–Trinajstić information content (AvgIpc) is 2.35. The van der Waals surface area contributed by atoms with Crippen LogP contribution < -0.4 is 5.73 Å². The Labute approximate surface area is 57.7 Å². The standard InChI is InChI=1S/C6H5N3O/c7-4-6(5(8)10)2-1-3-9-6/h1-3H,(H2,8,10). The van der Waals surface area contributed by atoms with Gasteiger partial charge in [-0.3, -0.25) is 9.79 Å². The van der Waals surface area contributed by atoms with E-state index in [0.29, 0.717) is 0 Å². The molecule has 10 heavy (non-hydrogen) atoms. The fraction of sp³-hybridized carbons (Fsp3) is 0.167. The molecular weight excluding hydrogens is 130 g/mol. The van der Waals surface area contributed by atoms with E-state index in [1.165, 1.54) is 18.4 Å². The third-order valence-corrected chi connectivity index (χ3v) is 1.25. The summed E-state index contributed by atoms with van der Waals surface area (Å²) in [5.74, 6) is -0.736. The molecule has 0 saturated heterocycles. The van der Waals surface area contributed by atoms with Gasteiger partial charge in [-0.2, -0.15) is 5.26 Å². The molecule has 0 aromatic carbocycles. The molecule has 2 N–H and O–H groups in total. The van der Waals surface area contributed by atoms with Crippen molar-refractivity contribution < 1.29 is 4.79 Å². The Hall–Kier alpha value is -1.63. The molecule has 4 nitrogen and oxygen atoms in total. The topological polar surface area (TPSA) is 79.2 Å². The summed E-state index contributed by atoms with van der Waals surface area (Å²) in [5.41, 5.74) is 3.49. The molecular formula is C6H5N3O. The Kier molecular flexibility index (Phi) is 1.27. The van der Waals surface area contributed by atoms with E-state index in [0.717, 1.165) is 0 Å². The molecule has 0 saturated carbocycles. The molecule has 1 unspecified atom stereocenters. The van der Waals surface area contributed by atoms with Gasteiger partial charge in [0.15, 0.2) is 0 Å². The fourth-order valence-corrected chi connectivity index (χ4v) is 0.653. The van der Waals surface area contributed by atoms with Crippen LogP contribution in [0.3, 0.4) is 0 Å². The van der Waals surface area contributed by atoms with Crippen molar-refractivity contribution in [2.45, 2.75) is 5.54 Å². The number of carbonyl (C=O) groups is 1. The second kappa shape index (κ2) is 1.95. The van der Waals surface area contributed by atoms with Crippen molar-refractivity contribution >= 4 is 12.1 Å². The number of rotatable bonds is 1. The molecule has 0 spiro atoms. The molecule has 1 atom stereocenters. The summed E-state index contributed by atoms with van der Waals surface area (Å²) in [6.45, 7) is 0. The zero-order chi connectivity index (χ0) is 7.61. The summed E-state index contributed by atoms with van der Waals surface area (Å²) in [6.07, 6.45) is 4.28. The predicted molar refractivity (Wildman–Crippen MR) is 35.2 cm³/mol. The number of allylic oxidation sites excluding steroid dienone is 1. The average molecular weight is 135 g/mol. The number of hydrogen-bond acceptors (Lipinski definition) is 3. The van der Waals surface area contributed by atoms with Crippen LogP contribution in [0, 0.1) is 11.3 Å². The quantitative estimate of drug-likeness (QED) is 0.519. The van der Waals surface area contributed by atoms with Crippen molar-refractivity contribution in [3.05, 3.63) is 12.2 Å². The van der Waals surface area contributed by atoms with E-state index in [1.807, 2.05) is 0 Å². The lowest BCUT2D eigenvalue weighted by Crippen LogP contribution is -2.37. The summed E-state index contributed by atoms with van der Waals surface area (Å²) >= 11 is 0. The van der Waals surface area contributed by atoms with Gasteiger partial charge in [-0.05, 0) is 12.2 Å². The lowest BCUT2D eigenvalue weighted by atomic mass is 10.0. The minimum atomic E-state index is -1.43. The maximum Gasteiger partial charge on any atom is 0.264 e. The Morgan fingerprint density at radius 3 is 2.70 bits per heavy atom. The number of hydrogen-bond donors (Lipinski definition) is 1. The molecule has 0 radical (unpaired) electrons. The summed E-state index contributed by atoms with van der Waals surface area (Å²) < 4.78 is 0. The highest BCUT2D eigenvalue weighted by Crippen LogP contribution is 2.14. The number of amides is 1. The predicted octanol–water partition coefficient (Wildman–Crippen LogP) is -0.625. The fourth-order valence-electron chi connectivity index (χ4n) is 0.653. The maximum absolute atomic E-state index is 10.6. The van der Waals surface area contributed by atoms with E-state index in [4.69, 9.17) is 11.0 Å². The van der Waals surface area contributed by atoms with Crippen LogP contribution in [0.2, 0.25) is 0 Å². The molecule has 0 fully saturated rings. The second-order valence-corrected chi connectivity index (χ2v) is 1.88. The molecule has 4 heteroatoms. The number of aliphatic imine (C=N–C) groups is 1. The highest BCUT2D eigenvalue weighted by atomic mass is 16.1. The minimum Gasteiger partial charge on any atom is -0.366 e. The van der Waals surface area contributed by atoms with Crippen LogP contribution >= 0.6 is 0 Å². The molecule has 1 heterocycles. The van der Waals surface area contributed by atoms with Crippen molar-refractivity contribution in [3.8, 4) is 6.07 Å². The second-order valence-electron chi connectivity index (χ2n) is 1.88. The van der Waals surface area contributed by atoms with Gasteiger partial charge in [0.1, 0.15) is 6.07 Å². The SMILES string of the molecule is N#CC1(C(N)=O)C=CC=N1. The third-order valence-electron chi connectivity index (χ3n) is 1.25. The first-order chi connectivity index (χ1) is 4.71. The number of primary amides is 1. The van der Waals surface area contributed by atoms with Gasteiger partial charge in [0, 0.05) is 6.21 Å². The molecule has 50 valence electrons. The molecule has 1 aliphatic rings. The van der Waals surface area contributed by atoms with Gasteiger partial charge in [0.2, 0.25) is 5.54 Å². The Bertz CT molecular complexity index is 247. The third kappa shape index (κ3) is 0.685. The molecule has 0 bridgehead atoms. The van der Waals surface area contributed by atoms with Crippen LogP contribution in [0.5, 0.6) is 0 Å². The smallest absolute Gasteiger partial charge is 0.264 e. The first-order valence-corrected chi connectivity index (χ1v) is 2.65. The van der Waals surface area contributed by atoms with Crippen LogP contribution in [0.15, 0.2) is 17.1 Å². The van der Waals surface area contributed by atoms with Gasteiger partial charge in [-0.1, -0.05) is 0 Å². The summed E-state index contributed by atoms with van der Waals surface area (Å²) in [6, 6.07) is 1.72. The largest absolute Gasteiger partial charge is 0.366 e. The van der Waals surface area contributed by atoms with E-state index in [1.54, 1.807) is 6.07 Å². The highest BCUT2D eigenvalue weighted by molar-refractivity contribution is 5.96. The van der Waals surface area contributed by atoms with E-state index in [9.17, 15) is 4.79 Å². The Balaban J connectivity index is 3.05. The van der Waals surface area contributed by atoms with E-state index in [-0.39, 0.29) is 0 Å². The zero-order valence-electron chi connectivity index (χ0n) is 5.11. The van der Waals surface area contributed by atoms with Crippen molar-refractivity contribution in [3.63, 3.8) is 0 Å². The first kappa shape index (κ1) is 6.49. The minimum absolute atomic E-state index is 0.736. The number of carbonyl (C=O) groups excluding carboxylic acids is 1. The van der Waals surface area contributed by atoms with Crippen molar-refractivity contribution in [1.29, 1.82) is 5.26 Å². The lowest BCUT2D eigenvalue weighted by molar-refractivity contribution is -0.119. The summed E-state index contributed by atoms with van der Waals surface area (Å²) in [7, 11) is 0. The van der Waals surface area contributed by atoms with E-state index < -0.39 is 11.4 Å². The molecule has 1 amide bonds. The van der Waals surface area contributed by atoms with Gasteiger partial charge in [0.05, 0.1) is 0 Å². The normalized spacial score (nSPS) is 28.3. The van der Waals surface area contributed by atoms with Gasteiger partial charge in [-0.15, -0.1) is 0 Å². The van der Waals surface area contributed by atoms with Gasteiger partial charge >= 0.3 is 0 Å². The van der Waals surface area contributed by atoms with Crippen molar-refractivity contribution in [2.24, 2.45) is 10.7 Å². The molecule has 0 aliphatic carbocycles.